The number of nitrogen functional groups attached to an aromatic ring is 1. The lowest BCUT2D eigenvalue weighted by Gasteiger charge is -2.23. The van der Waals surface area contributed by atoms with Crippen LogP contribution in [-0.4, -0.2) is 46.9 Å². The van der Waals surface area contributed by atoms with Gasteiger partial charge in [-0.1, -0.05) is 13.8 Å². The van der Waals surface area contributed by atoms with Crippen LogP contribution in [-0.2, 0) is 11.3 Å². The number of nitrogens with two attached hydrogens (primary N) is 1. The molecule has 2 heterocycles. The molecule has 0 unspecified atom stereocenters. The number of anilines is 1. The fourth-order valence-corrected chi connectivity index (χ4v) is 3.06. The van der Waals surface area contributed by atoms with E-state index >= 15 is 0 Å². The molecule has 1 aromatic heterocycles. The quantitative estimate of drug-likeness (QED) is 0.910. The Kier molecular flexibility index (Phi) is 4.76. The van der Waals surface area contributed by atoms with E-state index < -0.39 is 0 Å². The summed E-state index contributed by atoms with van der Waals surface area (Å²) in [4.78, 5) is 21.6. The van der Waals surface area contributed by atoms with Gasteiger partial charge in [0.1, 0.15) is 0 Å². The van der Waals surface area contributed by atoms with Crippen molar-refractivity contribution in [2.24, 2.45) is 5.92 Å². The summed E-state index contributed by atoms with van der Waals surface area (Å²) < 4.78 is 0. The van der Waals surface area contributed by atoms with Crippen molar-refractivity contribution >= 4 is 22.4 Å². The van der Waals surface area contributed by atoms with Crippen LogP contribution in [0.1, 0.15) is 25.1 Å². The molecule has 0 aliphatic carbocycles. The zero-order chi connectivity index (χ0) is 13.8. The fourth-order valence-electron chi connectivity index (χ4n) is 2.33. The topological polar surface area (TPSA) is 62.5 Å². The lowest BCUT2D eigenvalue weighted by Crippen LogP contribution is -2.37. The molecular weight excluding hydrogens is 260 g/mol. The highest BCUT2D eigenvalue weighted by Gasteiger charge is 2.21. The number of amides is 1. The molecule has 5 nitrogen and oxygen atoms in total. The molecule has 1 aliphatic rings. The van der Waals surface area contributed by atoms with Gasteiger partial charge in [-0.2, -0.15) is 0 Å². The van der Waals surface area contributed by atoms with Crippen LogP contribution in [0, 0.1) is 5.92 Å². The first-order chi connectivity index (χ1) is 9.06. The second-order valence-corrected chi connectivity index (χ2v) is 6.42. The third-order valence-corrected chi connectivity index (χ3v) is 4.16. The first-order valence-corrected chi connectivity index (χ1v) is 7.59. The van der Waals surface area contributed by atoms with Gasteiger partial charge in [-0.3, -0.25) is 9.69 Å². The summed E-state index contributed by atoms with van der Waals surface area (Å²) in [5.74, 6) is 0.358. The zero-order valence-corrected chi connectivity index (χ0v) is 12.4. The maximum absolute atomic E-state index is 12.0. The van der Waals surface area contributed by atoms with E-state index in [2.05, 4.69) is 9.88 Å². The highest BCUT2D eigenvalue weighted by Crippen LogP contribution is 2.17. The Bertz CT molecular complexity index is 432. The molecule has 0 radical (unpaired) electrons. The number of hydrogen-bond acceptors (Lipinski definition) is 5. The molecule has 106 valence electrons. The van der Waals surface area contributed by atoms with Crippen LogP contribution in [0.15, 0.2) is 6.20 Å². The van der Waals surface area contributed by atoms with Crippen molar-refractivity contribution in [2.75, 3.05) is 31.9 Å². The maximum atomic E-state index is 12.0. The molecule has 1 fully saturated rings. The maximum Gasteiger partial charge on any atom is 0.225 e. The number of hydrogen-bond donors (Lipinski definition) is 1. The van der Waals surface area contributed by atoms with Crippen molar-refractivity contribution in [1.29, 1.82) is 0 Å². The molecular formula is C13H22N4OS. The van der Waals surface area contributed by atoms with E-state index in [0.29, 0.717) is 5.13 Å². The van der Waals surface area contributed by atoms with Gasteiger partial charge in [0.05, 0.1) is 0 Å². The summed E-state index contributed by atoms with van der Waals surface area (Å²) in [7, 11) is 0. The van der Waals surface area contributed by atoms with Gasteiger partial charge in [0.25, 0.3) is 0 Å². The molecule has 0 spiro atoms. The normalized spacial score (nSPS) is 17.7. The molecule has 1 aromatic rings. The predicted molar refractivity (Wildman–Crippen MR) is 77.8 cm³/mol. The number of rotatable bonds is 3. The minimum Gasteiger partial charge on any atom is -0.375 e. The summed E-state index contributed by atoms with van der Waals surface area (Å²) in [6, 6.07) is 0. The van der Waals surface area contributed by atoms with Gasteiger partial charge < -0.3 is 10.6 Å². The highest BCUT2D eigenvalue weighted by molar-refractivity contribution is 7.15. The number of aromatic nitrogens is 1. The van der Waals surface area contributed by atoms with Crippen molar-refractivity contribution in [2.45, 2.75) is 26.8 Å². The Labute approximate surface area is 118 Å². The Morgan fingerprint density at radius 3 is 2.84 bits per heavy atom. The van der Waals surface area contributed by atoms with Gasteiger partial charge in [-0.15, -0.1) is 11.3 Å². The van der Waals surface area contributed by atoms with Crippen LogP contribution in [0.4, 0.5) is 5.13 Å². The summed E-state index contributed by atoms with van der Waals surface area (Å²) in [6.45, 7) is 8.47. The Morgan fingerprint density at radius 1 is 1.42 bits per heavy atom. The molecule has 19 heavy (non-hydrogen) atoms. The molecule has 0 aromatic carbocycles. The van der Waals surface area contributed by atoms with Gasteiger partial charge in [0.2, 0.25) is 5.91 Å². The Hall–Kier alpha value is -1.14. The molecule has 0 saturated carbocycles. The van der Waals surface area contributed by atoms with Gasteiger partial charge in [0, 0.05) is 49.7 Å². The largest absolute Gasteiger partial charge is 0.375 e. The van der Waals surface area contributed by atoms with Gasteiger partial charge in [0.15, 0.2) is 5.13 Å². The van der Waals surface area contributed by atoms with Crippen molar-refractivity contribution in [3.63, 3.8) is 0 Å². The zero-order valence-electron chi connectivity index (χ0n) is 11.6. The van der Waals surface area contributed by atoms with E-state index in [0.717, 1.165) is 39.1 Å². The number of nitrogens with zero attached hydrogens (tertiary/aromatic N) is 3. The van der Waals surface area contributed by atoms with E-state index in [1.54, 1.807) is 11.3 Å². The van der Waals surface area contributed by atoms with Gasteiger partial charge in [-0.25, -0.2) is 4.98 Å². The fraction of sp³-hybridized carbons (Fsp3) is 0.692. The molecule has 0 bridgehead atoms. The molecule has 0 atom stereocenters. The lowest BCUT2D eigenvalue weighted by atomic mass is 10.2. The molecule has 2 rings (SSSR count). The van der Waals surface area contributed by atoms with E-state index in [9.17, 15) is 4.79 Å². The monoisotopic (exact) mass is 282 g/mol. The Morgan fingerprint density at radius 2 is 2.21 bits per heavy atom. The number of carbonyl (C=O) groups is 1. The smallest absolute Gasteiger partial charge is 0.225 e. The average Bonchev–Trinajstić information content (AvgIpc) is 2.63. The first-order valence-electron chi connectivity index (χ1n) is 6.77. The molecule has 1 aliphatic heterocycles. The van der Waals surface area contributed by atoms with Gasteiger partial charge >= 0.3 is 0 Å². The minimum atomic E-state index is 0.0906. The van der Waals surface area contributed by atoms with Crippen LogP contribution < -0.4 is 5.73 Å². The van der Waals surface area contributed by atoms with Crippen LogP contribution in [0.2, 0.25) is 0 Å². The van der Waals surface area contributed by atoms with Crippen LogP contribution in [0.25, 0.3) is 0 Å². The molecule has 6 heteroatoms. The predicted octanol–water partition coefficient (Wildman–Crippen LogP) is 1.42. The van der Waals surface area contributed by atoms with E-state index in [1.165, 1.54) is 4.88 Å². The van der Waals surface area contributed by atoms with Gasteiger partial charge in [-0.05, 0) is 6.42 Å². The summed E-state index contributed by atoms with van der Waals surface area (Å²) in [5.41, 5.74) is 5.65. The lowest BCUT2D eigenvalue weighted by molar-refractivity contribution is -0.134. The first kappa shape index (κ1) is 14.3. The number of carbonyl (C=O) groups excluding carboxylic acids is 1. The van der Waals surface area contributed by atoms with Crippen molar-refractivity contribution < 1.29 is 4.79 Å². The summed E-state index contributed by atoms with van der Waals surface area (Å²) >= 11 is 1.54. The molecule has 1 amide bonds. The third kappa shape index (κ3) is 3.91. The standard InChI is InChI=1S/C13H22N4OS/c1-10(2)12(18)17-5-3-4-16(6-7-17)9-11-8-15-13(14)19-11/h8,10H,3-7,9H2,1-2H3,(H2,14,15). The van der Waals surface area contributed by atoms with E-state index in [4.69, 9.17) is 5.73 Å². The Balaban J connectivity index is 1.88. The minimum absolute atomic E-state index is 0.0906. The number of thiazole rings is 1. The van der Waals surface area contributed by atoms with Crippen LogP contribution in [0.5, 0.6) is 0 Å². The SMILES string of the molecule is CC(C)C(=O)N1CCCN(Cc2cnc(N)s2)CC1. The molecule has 1 saturated heterocycles. The summed E-state index contributed by atoms with van der Waals surface area (Å²) in [6.07, 6.45) is 2.88. The highest BCUT2D eigenvalue weighted by atomic mass is 32.1. The van der Waals surface area contributed by atoms with Crippen molar-refractivity contribution in [3.8, 4) is 0 Å². The second-order valence-electron chi connectivity index (χ2n) is 5.27. The van der Waals surface area contributed by atoms with Crippen LogP contribution in [0.3, 0.4) is 0 Å². The van der Waals surface area contributed by atoms with E-state index in [-0.39, 0.29) is 11.8 Å². The average molecular weight is 282 g/mol. The molecule has 2 N–H and O–H groups in total. The van der Waals surface area contributed by atoms with Crippen LogP contribution >= 0.6 is 11.3 Å². The van der Waals surface area contributed by atoms with Crippen molar-refractivity contribution in [1.82, 2.24) is 14.8 Å². The second kappa shape index (κ2) is 6.34. The van der Waals surface area contributed by atoms with E-state index in [1.807, 2.05) is 24.9 Å². The summed E-state index contributed by atoms with van der Waals surface area (Å²) in [5, 5.41) is 0.626. The van der Waals surface area contributed by atoms with Crippen molar-refractivity contribution in [3.05, 3.63) is 11.1 Å². The third-order valence-electron chi connectivity index (χ3n) is 3.34.